The van der Waals surface area contributed by atoms with Gasteiger partial charge in [-0.2, -0.15) is 0 Å². The number of nitrogens with zero attached hydrogens (tertiary/aromatic N) is 1. The summed E-state index contributed by atoms with van der Waals surface area (Å²) in [6.07, 6.45) is 1.43. The number of para-hydroxylation sites is 1. The van der Waals surface area contributed by atoms with Crippen LogP contribution in [0.4, 0.5) is 10.1 Å². The number of halogens is 1. The molecule has 28 heavy (non-hydrogen) atoms. The van der Waals surface area contributed by atoms with Gasteiger partial charge >= 0.3 is 7.12 Å². The van der Waals surface area contributed by atoms with Crippen LogP contribution in [-0.2, 0) is 19.3 Å². The average Bonchev–Trinajstić information content (AvgIpc) is 2.84. The lowest BCUT2D eigenvalue weighted by Gasteiger charge is -2.32. The molecule has 7 nitrogen and oxygen atoms in total. The highest BCUT2D eigenvalue weighted by atomic mass is 32.2. The third-order valence-electron chi connectivity index (χ3n) is 4.97. The summed E-state index contributed by atoms with van der Waals surface area (Å²) in [6, 6.07) is 6.83. The predicted octanol–water partition coefficient (Wildman–Crippen LogP) is 2.33. The highest BCUT2D eigenvalue weighted by Crippen LogP contribution is 2.36. The number of hydrogen-bond acceptors (Lipinski definition) is 6. The van der Waals surface area contributed by atoms with Crippen molar-refractivity contribution in [2.45, 2.75) is 43.8 Å². The molecule has 1 saturated heterocycles. The summed E-state index contributed by atoms with van der Waals surface area (Å²) in [5.74, 6) is -0.816. The summed E-state index contributed by atoms with van der Waals surface area (Å²) < 4.78 is 58.9. The number of benzene rings is 1. The SMILES string of the molecule is COc1ncc(B2OC(C)(C)C(C)(C)O2)cc1S(=O)(=O)Nc1ccccc1F. The molecule has 1 N–H and O–H groups in total. The molecule has 1 aliphatic heterocycles. The van der Waals surface area contributed by atoms with Crippen LogP contribution >= 0.6 is 0 Å². The zero-order chi connectivity index (χ0) is 20.7. The van der Waals surface area contributed by atoms with Gasteiger partial charge in [0.2, 0.25) is 5.88 Å². The van der Waals surface area contributed by atoms with Crippen molar-refractivity contribution >= 4 is 28.3 Å². The minimum absolute atomic E-state index is 0.121. The van der Waals surface area contributed by atoms with Crippen molar-refractivity contribution in [3.63, 3.8) is 0 Å². The maximum Gasteiger partial charge on any atom is 0.496 e. The van der Waals surface area contributed by atoms with Gasteiger partial charge in [0.1, 0.15) is 10.7 Å². The van der Waals surface area contributed by atoms with E-state index in [9.17, 15) is 12.8 Å². The first kappa shape index (κ1) is 20.6. The Morgan fingerprint density at radius 1 is 1.14 bits per heavy atom. The Kier molecular flexibility index (Phi) is 5.16. The maximum atomic E-state index is 13.9. The van der Waals surface area contributed by atoms with Crippen molar-refractivity contribution in [1.82, 2.24) is 4.98 Å². The second-order valence-corrected chi connectivity index (χ2v) is 9.10. The van der Waals surface area contributed by atoms with E-state index in [-0.39, 0.29) is 16.5 Å². The molecule has 0 amide bonds. The summed E-state index contributed by atoms with van der Waals surface area (Å²) in [7, 11) is -3.67. The van der Waals surface area contributed by atoms with Crippen LogP contribution in [0.15, 0.2) is 41.4 Å². The van der Waals surface area contributed by atoms with E-state index in [1.54, 1.807) is 0 Å². The Labute approximate surface area is 164 Å². The zero-order valence-electron chi connectivity index (χ0n) is 16.3. The van der Waals surface area contributed by atoms with Crippen LogP contribution in [-0.4, -0.2) is 38.8 Å². The smallest absolute Gasteiger partial charge is 0.480 e. The molecule has 0 saturated carbocycles. The number of pyridine rings is 1. The van der Waals surface area contributed by atoms with E-state index < -0.39 is 34.2 Å². The van der Waals surface area contributed by atoms with Crippen molar-refractivity contribution in [3.05, 3.63) is 42.3 Å². The van der Waals surface area contributed by atoms with Crippen LogP contribution in [0.2, 0.25) is 0 Å². The fourth-order valence-electron chi connectivity index (χ4n) is 2.64. The molecule has 1 fully saturated rings. The van der Waals surface area contributed by atoms with Gasteiger partial charge in [-0.15, -0.1) is 0 Å². The van der Waals surface area contributed by atoms with Crippen LogP contribution in [0.25, 0.3) is 0 Å². The standard InChI is InChI=1S/C18H22BFN2O5S/c1-17(2)18(3,4)27-19(26-17)12-10-15(16(25-5)21-11-12)28(23,24)22-14-9-7-6-8-13(14)20/h6-11,22H,1-5H3. The molecule has 0 radical (unpaired) electrons. The second-order valence-electron chi connectivity index (χ2n) is 7.45. The van der Waals surface area contributed by atoms with Gasteiger partial charge in [-0.1, -0.05) is 12.1 Å². The van der Waals surface area contributed by atoms with Crippen molar-refractivity contribution in [2.24, 2.45) is 0 Å². The Hall–Kier alpha value is -2.17. The number of rotatable bonds is 5. The van der Waals surface area contributed by atoms with E-state index in [0.717, 1.165) is 6.07 Å². The quantitative estimate of drug-likeness (QED) is 0.765. The molecule has 1 aromatic heterocycles. The molecule has 0 atom stereocenters. The fraction of sp³-hybridized carbons (Fsp3) is 0.389. The summed E-state index contributed by atoms with van der Waals surface area (Å²) in [5, 5.41) is 0. The average molecular weight is 408 g/mol. The van der Waals surface area contributed by atoms with E-state index >= 15 is 0 Å². The van der Waals surface area contributed by atoms with Crippen LogP contribution in [0.1, 0.15) is 27.7 Å². The lowest BCUT2D eigenvalue weighted by atomic mass is 9.80. The molecule has 0 spiro atoms. The highest BCUT2D eigenvalue weighted by Gasteiger charge is 2.52. The molecule has 10 heteroatoms. The summed E-state index contributed by atoms with van der Waals surface area (Å²) in [4.78, 5) is 3.83. The monoisotopic (exact) mass is 408 g/mol. The minimum atomic E-state index is -4.18. The number of aromatic nitrogens is 1. The first-order valence-corrected chi connectivity index (χ1v) is 10.1. The molecular weight excluding hydrogens is 386 g/mol. The lowest BCUT2D eigenvalue weighted by Crippen LogP contribution is -2.41. The molecule has 0 bridgehead atoms. The molecular formula is C18H22BFN2O5S. The molecule has 150 valence electrons. The van der Waals surface area contributed by atoms with Gasteiger partial charge in [0.15, 0.2) is 0 Å². The van der Waals surface area contributed by atoms with Gasteiger partial charge in [-0.25, -0.2) is 17.8 Å². The molecule has 1 aliphatic rings. The topological polar surface area (TPSA) is 86.8 Å². The number of nitrogens with one attached hydrogen (secondary N) is 1. The predicted molar refractivity (Wildman–Crippen MR) is 104 cm³/mol. The number of hydrogen-bond donors (Lipinski definition) is 1. The third kappa shape index (κ3) is 3.72. The Balaban J connectivity index is 1.99. The van der Waals surface area contributed by atoms with Gasteiger partial charge in [0.25, 0.3) is 10.0 Å². The number of anilines is 1. The molecule has 0 aliphatic carbocycles. The molecule has 3 rings (SSSR count). The van der Waals surface area contributed by atoms with Crippen molar-refractivity contribution in [2.75, 3.05) is 11.8 Å². The van der Waals surface area contributed by atoms with Gasteiger partial charge in [-0.05, 0) is 45.9 Å². The van der Waals surface area contributed by atoms with Crippen LogP contribution in [0.3, 0.4) is 0 Å². The molecule has 0 unspecified atom stereocenters. The van der Waals surface area contributed by atoms with Crippen LogP contribution in [0.5, 0.6) is 5.88 Å². The molecule has 1 aromatic carbocycles. The van der Waals surface area contributed by atoms with E-state index in [0.29, 0.717) is 5.46 Å². The zero-order valence-corrected chi connectivity index (χ0v) is 17.1. The van der Waals surface area contributed by atoms with Crippen molar-refractivity contribution < 1.29 is 26.9 Å². The van der Waals surface area contributed by atoms with E-state index in [1.165, 1.54) is 37.6 Å². The first-order valence-electron chi connectivity index (χ1n) is 8.64. The fourth-order valence-corrected chi connectivity index (χ4v) is 3.87. The largest absolute Gasteiger partial charge is 0.496 e. The van der Waals surface area contributed by atoms with Crippen LogP contribution in [0, 0.1) is 5.82 Å². The number of ether oxygens (including phenoxy) is 1. The van der Waals surface area contributed by atoms with E-state index in [1.807, 2.05) is 27.7 Å². The summed E-state index contributed by atoms with van der Waals surface area (Å²) >= 11 is 0. The lowest BCUT2D eigenvalue weighted by molar-refractivity contribution is 0.00578. The third-order valence-corrected chi connectivity index (χ3v) is 6.33. The Bertz CT molecular complexity index is 981. The number of methoxy groups -OCH3 is 1. The van der Waals surface area contributed by atoms with Gasteiger partial charge in [0.05, 0.1) is 24.0 Å². The Morgan fingerprint density at radius 2 is 1.75 bits per heavy atom. The molecule has 2 heterocycles. The van der Waals surface area contributed by atoms with Crippen LogP contribution < -0.4 is 14.9 Å². The summed E-state index contributed by atoms with van der Waals surface area (Å²) in [6.45, 7) is 7.56. The number of sulfonamides is 1. The van der Waals surface area contributed by atoms with E-state index in [2.05, 4.69) is 9.71 Å². The van der Waals surface area contributed by atoms with Crippen molar-refractivity contribution in [1.29, 1.82) is 0 Å². The second kappa shape index (κ2) is 7.02. The normalized spacial score (nSPS) is 18.1. The van der Waals surface area contributed by atoms with Gasteiger partial charge in [0, 0.05) is 11.7 Å². The van der Waals surface area contributed by atoms with Gasteiger partial charge in [-0.3, -0.25) is 4.72 Å². The first-order chi connectivity index (χ1) is 13.0. The van der Waals surface area contributed by atoms with Gasteiger partial charge < -0.3 is 14.0 Å². The van der Waals surface area contributed by atoms with E-state index in [4.69, 9.17) is 14.0 Å². The van der Waals surface area contributed by atoms with Crippen molar-refractivity contribution in [3.8, 4) is 5.88 Å². The Morgan fingerprint density at radius 3 is 2.32 bits per heavy atom. The molecule has 2 aromatic rings. The minimum Gasteiger partial charge on any atom is -0.480 e. The highest BCUT2D eigenvalue weighted by molar-refractivity contribution is 7.92. The summed E-state index contributed by atoms with van der Waals surface area (Å²) in [5.41, 5.74) is -0.955. The maximum absolute atomic E-state index is 13.9.